The number of nitrogens with zero attached hydrogens (tertiary/aromatic N) is 2. The molecule has 1 aromatic rings. The van der Waals surface area contributed by atoms with E-state index < -0.39 is 0 Å². The van der Waals surface area contributed by atoms with E-state index in [2.05, 4.69) is 15.6 Å². The fourth-order valence-electron chi connectivity index (χ4n) is 3.86. The number of benzene rings is 1. The van der Waals surface area contributed by atoms with Crippen LogP contribution in [-0.2, 0) is 20.7 Å². The molecule has 1 spiro atoms. The number of amides is 1. The van der Waals surface area contributed by atoms with Crippen molar-refractivity contribution in [2.24, 2.45) is 4.99 Å². The van der Waals surface area contributed by atoms with Crippen LogP contribution in [0.1, 0.15) is 37.7 Å². The van der Waals surface area contributed by atoms with E-state index in [9.17, 15) is 4.79 Å². The SMILES string of the molecule is COc1ccc(CCNC(=NCC(=O)N(C)C)NCC2COC3(CCCCC3)O2)cc1.I. The summed E-state index contributed by atoms with van der Waals surface area (Å²) in [6, 6.07) is 8.01. The van der Waals surface area contributed by atoms with Gasteiger partial charge in [0.25, 0.3) is 0 Å². The van der Waals surface area contributed by atoms with Crippen LogP contribution >= 0.6 is 24.0 Å². The van der Waals surface area contributed by atoms with Crippen molar-refractivity contribution in [2.75, 3.05) is 47.4 Å². The van der Waals surface area contributed by atoms with Gasteiger partial charge in [-0.05, 0) is 37.0 Å². The number of hydrogen-bond acceptors (Lipinski definition) is 5. The number of carbonyl (C=O) groups excluding carboxylic acids is 1. The lowest BCUT2D eigenvalue weighted by Crippen LogP contribution is -2.43. The molecule has 0 radical (unpaired) electrons. The van der Waals surface area contributed by atoms with Crippen molar-refractivity contribution in [2.45, 2.75) is 50.4 Å². The number of methoxy groups -OCH3 is 1. The lowest BCUT2D eigenvalue weighted by Gasteiger charge is -2.31. The van der Waals surface area contributed by atoms with Gasteiger partial charge in [-0.15, -0.1) is 24.0 Å². The Hall–Kier alpha value is -1.59. The fourth-order valence-corrected chi connectivity index (χ4v) is 3.86. The van der Waals surface area contributed by atoms with Crippen molar-refractivity contribution < 1.29 is 19.0 Å². The van der Waals surface area contributed by atoms with E-state index in [0.717, 1.165) is 37.9 Å². The van der Waals surface area contributed by atoms with Gasteiger partial charge in [0.15, 0.2) is 11.7 Å². The van der Waals surface area contributed by atoms with Gasteiger partial charge in [0, 0.05) is 40.0 Å². The number of nitrogens with one attached hydrogen (secondary N) is 2. The molecular weight excluding hydrogens is 523 g/mol. The maximum Gasteiger partial charge on any atom is 0.243 e. The molecule has 1 aromatic carbocycles. The quantitative estimate of drug-likeness (QED) is 0.289. The number of carbonyl (C=O) groups is 1. The normalized spacial score (nSPS) is 19.8. The molecule has 8 nitrogen and oxygen atoms in total. The molecule has 1 saturated heterocycles. The molecule has 0 bridgehead atoms. The van der Waals surface area contributed by atoms with Gasteiger partial charge < -0.3 is 29.7 Å². The van der Waals surface area contributed by atoms with E-state index in [0.29, 0.717) is 25.7 Å². The van der Waals surface area contributed by atoms with Crippen LogP contribution in [0.15, 0.2) is 29.3 Å². The highest BCUT2D eigenvalue weighted by atomic mass is 127. The van der Waals surface area contributed by atoms with Gasteiger partial charge in [-0.25, -0.2) is 4.99 Å². The second-order valence-corrected chi connectivity index (χ2v) is 8.38. The van der Waals surface area contributed by atoms with E-state index in [1.807, 2.05) is 24.3 Å². The Morgan fingerprint density at radius 1 is 1.19 bits per heavy atom. The monoisotopic (exact) mass is 560 g/mol. The third-order valence-corrected chi connectivity index (χ3v) is 5.76. The van der Waals surface area contributed by atoms with Crippen molar-refractivity contribution in [3.8, 4) is 5.75 Å². The molecule has 2 fully saturated rings. The minimum atomic E-state index is -0.384. The van der Waals surface area contributed by atoms with Crippen molar-refractivity contribution in [1.29, 1.82) is 0 Å². The summed E-state index contributed by atoms with van der Waals surface area (Å²) in [6.07, 6.45) is 6.34. The van der Waals surface area contributed by atoms with Crippen LogP contribution in [0.5, 0.6) is 5.75 Å². The first-order valence-corrected chi connectivity index (χ1v) is 11.2. The zero-order valence-electron chi connectivity index (χ0n) is 19.4. The molecular formula is C23H37IN4O4. The summed E-state index contributed by atoms with van der Waals surface area (Å²) in [7, 11) is 5.12. The first-order chi connectivity index (χ1) is 15.0. The highest BCUT2D eigenvalue weighted by Gasteiger charge is 2.42. The Labute approximate surface area is 208 Å². The standard InChI is InChI=1S/C23H36N4O4.HI/c1-27(2)21(28)16-26-22(24-14-11-18-7-9-19(29-3)10-8-18)25-15-20-17-30-23(31-20)12-5-4-6-13-23;/h7-10,20H,4-6,11-17H2,1-3H3,(H2,24,25,26);1H. The summed E-state index contributed by atoms with van der Waals surface area (Å²) in [5, 5.41) is 6.65. The summed E-state index contributed by atoms with van der Waals surface area (Å²) < 4.78 is 17.5. The minimum Gasteiger partial charge on any atom is -0.497 e. The van der Waals surface area contributed by atoms with Gasteiger partial charge in [0.1, 0.15) is 18.4 Å². The first kappa shape index (κ1) is 26.7. The maximum atomic E-state index is 12.0. The van der Waals surface area contributed by atoms with Crippen molar-refractivity contribution >= 4 is 35.8 Å². The van der Waals surface area contributed by atoms with Crippen LogP contribution < -0.4 is 15.4 Å². The third-order valence-electron chi connectivity index (χ3n) is 5.76. The Morgan fingerprint density at radius 2 is 1.91 bits per heavy atom. The fraction of sp³-hybridized carbons (Fsp3) is 0.652. The van der Waals surface area contributed by atoms with Gasteiger partial charge in [-0.2, -0.15) is 0 Å². The van der Waals surface area contributed by atoms with Crippen LogP contribution in [0.4, 0.5) is 0 Å². The largest absolute Gasteiger partial charge is 0.497 e. The van der Waals surface area contributed by atoms with Crippen molar-refractivity contribution in [1.82, 2.24) is 15.5 Å². The van der Waals surface area contributed by atoms with Gasteiger partial charge in [0.2, 0.25) is 5.91 Å². The van der Waals surface area contributed by atoms with E-state index in [-0.39, 0.29) is 48.3 Å². The summed E-state index contributed by atoms with van der Waals surface area (Å²) in [5.41, 5.74) is 1.20. The zero-order valence-corrected chi connectivity index (χ0v) is 21.7. The molecule has 1 atom stereocenters. The number of likely N-dealkylation sites (N-methyl/N-ethyl adjacent to an activating group) is 1. The lowest BCUT2D eigenvalue weighted by atomic mass is 9.94. The molecule has 3 rings (SSSR count). The van der Waals surface area contributed by atoms with Crippen LogP contribution in [-0.4, -0.2) is 76.1 Å². The molecule has 1 aliphatic carbocycles. The molecule has 1 amide bonds. The second kappa shape index (κ2) is 13.2. The van der Waals surface area contributed by atoms with Crippen LogP contribution in [0, 0.1) is 0 Å². The summed E-state index contributed by atoms with van der Waals surface area (Å²) in [4.78, 5) is 18.0. The smallest absolute Gasteiger partial charge is 0.243 e. The summed E-state index contributed by atoms with van der Waals surface area (Å²) in [6.45, 7) is 1.96. The minimum absolute atomic E-state index is 0. The van der Waals surface area contributed by atoms with Gasteiger partial charge >= 0.3 is 0 Å². The predicted molar refractivity (Wildman–Crippen MR) is 136 cm³/mol. The summed E-state index contributed by atoms with van der Waals surface area (Å²) >= 11 is 0. The van der Waals surface area contributed by atoms with Gasteiger partial charge in [0.05, 0.1) is 13.7 Å². The topological polar surface area (TPSA) is 84.4 Å². The highest BCUT2D eigenvalue weighted by molar-refractivity contribution is 14.0. The average molecular weight is 560 g/mol. The molecule has 2 N–H and O–H groups in total. The van der Waals surface area contributed by atoms with Crippen molar-refractivity contribution in [3.05, 3.63) is 29.8 Å². The zero-order chi connectivity index (χ0) is 22.1. The number of hydrogen-bond donors (Lipinski definition) is 2. The van der Waals surface area contributed by atoms with Gasteiger partial charge in [-0.1, -0.05) is 18.6 Å². The molecule has 32 heavy (non-hydrogen) atoms. The van der Waals surface area contributed by atoms with E-state index in [1.54, 1.807) is 26.1 Å². The van der Waals surface area contributed by atoms with Gasteiger partial charge in [-0.3, -0.25) is 4.79 Å². The Kier molecular flexibility index (Phi) is 11.0. The first-order valence-electron chi connectivity index (χ1n) is 11.2. The van der Waals surface area contributed by atoms with Crippen LogP contribution in [0.2, 0.25) is 0 Å². The number of rotatable bonds is 8. The Balaban J connectivity index is 0.00000363. The third kappa shape index (κ3) is 8.08. The van der Waals surface area contributed by atoms with Crippen LogP contribution in [0.3, 0.4) is 0 Å². The molecule has 1 saturated carbocycles. The predicted octanol–water partition coefficient (Wildman–Crippen LogP) is 2.55. The molecule has 1 unspecified atom stereocenters. The molecule has 180 valence electrons. The van der Waals surface area contributed by atoms with Crippen molar-refractivity contribution in [3.63, 3.8) is 0 Å². The molecule has 1 aliphatic heterocycles. The molecule has 1 heterocycles. The summed E-state index contributed by atoms with van der Waals surface area (Å²) in [5.74, 6) is 1.03. The van der Waals surface area contributed by atoms with E-state index >= 15 is 0 Å². The molecule has 0 aromatic heterocycles. The Bertz CT molecular complexity index is 736. The average Bonchev–Trinajstić information content (AvgIpc) is 3.17. The van der Waals surface area contributed by atoms with E-state index in [1.165, 1.54) is 12.0 Å². The number of ether oxygens (including phenoxy) is 3. The number of aliphatic imine (C=N–C) groups is 1. The molecule has 9 heteroatoms. The Morgan fingerprint density at radius 3 is 2.56 bits per heavy atom. The number of guanidine groups is 1. The highest BCUT2D eigenvalue weighted by Crippen LogP contribution is 2.37. The lowest BCUT2D eigenvalue weighted by molar-refractivity contribution is -0.186. The van der Waals surface area contributed by atoms with Crippen LogP contribution in [0.25, 0.3) is 0 Å². The second-order valence-electron chi connectivity index (χ2n) is 8.38. The molecule has 2 aliphatic rings. The number of halogens is 1. The van der Waals surface area contributed by atoms with E-state index in [4.69, 9.17) is 14.2 Å². The maximum absolute atomic E-state index is 12.0.